The van der Waals surface area contributed by atoms with E-state index in [1.54, 1.807) is 0 Å². The molecule has 0 aliphatic heterocycles. The second-order valence-corrected chi connectivity index (χ2v) is 4.70. The summed E-state index contributed by atoms with van der Waals surface area (Å²) in [6, 6.07) is 6.13. The summed E-state index contributed by atoms with van der Waals surface area (Å²) >= 11 is 0. The first-order chi connectivity index (χ1) is 6.50. The lowest BCUT2D eigenvalue weighted by Gasteiger charge is -2.19. The molecule has 0 N–H and O–H groups in total. The van der Waals surface area contributed by atoms with E-state index in [1.165, 1.54) is 10.9 Å². The molecule has 0 radical (unpaired) electrons. The lowest BCUT2D eigenvalue weighted by Crippen LogP contribution is -2.11. The van der Waals surface area contributed by atoms with Crippen molar-refractivity contribution in [3.63, 3.8) is 0 Å². The minimum atomic E-state index is 0.135. The molecule has 2 aromatic rings. The maximum Gasteiger partial charge on any atom is 0.167 e. The molecule has 1 aromatic heterocycles. The van der Waals surface area contributed by atoms with Gasteiger partial charge in [0, 0.05) is 5.39 Å². The van der Waals surface area contributed by atoms with Crippen molar-refractivity contribution in [2.75, 3.05) is 0 Å². The van der Waals surface area contributed by atoms with Gasteiger partial charge in [0.15, 0.2) is 5.58 Å². The van der Waals surface area contributed by atoms with E-state index >= 15 is 0 Å². The Morgan fingerprint density at radius 1 is 1.21 bits per heavy atom. The lowest BCUT2D eigenvalue weighted by atomic mass is 9.84. The van der Waals surface area contributed by atoms with Crippen LogP contribution in [0.25, 0.3) is 11.0 Å². The predicted octanol–water partition coefficient (Wildman–Crippen LogP) is 3.43. The van der Waals surface area contributed by atoms with Crippen molar-refractivity contribution in [2.45, 2.75) is 33.1 Å². The molecule has 0 atom stereocenters. The van der Waals surface area contributed by atoms with E-state index in [-0.39, 0.29) is 5.41 Å². The highest BCUT2D eigenvalue weighted by Gasteiger charge is 2.19. The van der Waals surface area contributed by atoms with Crippen LogP contribution in [0.15, 0.2) is 22.7 Å². The molecule has 1 aromatic carbocycles. The van der Waals surface area contributed by atoms with Crippen LogP contribution in [-0.2, 0) is 5.41 Å². The molecule has 2 rings (SSSR count). The first-order valence-corrected chi connectivity index (χ1v) is 4.85. The monoisotopic (exact) mass is 189 g/mol. The van der Waals surface area contributed by atoms with E-state index in [0.717, 1.165) is 11.3 Å². The first kappa shape index (κ1) is 9.25. The first-order valence-electron chi connectivity index (χ1n) is 4.85. The maximum absolute atomic E-state index is 5.23. The molecule has 0 saturated heterocycles. The van der Waals surface area contributed by atoms with Crippen molar-refractivity contribution in [3.05, 3.63) is 29.5 Å². The van der Waals surface area contributed by atoms with Gasteiger partial charge in [0.25, 0.3) is 0 Å². The molecule has 2 heteroatoms. The Morgan fingerprint density at radius 3 is 2.57 bits per heavy atom. The van der Waals surface area contributed by atoms with Crippen molar-refractivity contribution >= 4 is 11.0 Å². The van der Waals surface area contributed by atoms with Crippen LogP contribution >= 0.6 is 0 Å². The summed E-state index contributed by atoms with van der Waals surface area (Å²) in [7, 11) is 0. The molecule has 0 bridgehead atoms. The van der Waals surface area contributed by atoms with Crippen LogP contribution in [0, 0.1) is 6.92 Å². The van der Waals surface area contributed by atoms with Crippen LogP contribution in [0.3, 0.4) is 0 Å². The summed E-state index contributed by atoms with van der Waals surface area (Å²) in [5.41, 5.74) is 3.30. The van der Waals surface area contributed by atoms with E-state index in [2.05, 4.69) is 32.0 Å². The molecule has 0 unspecified atom stereocenters. The van der Waals surface area contributed by atoms with Gasteiger partial charge in [-0.25, -0.2) is 0 Å². The molecule has 0 spiro atoms. The second kappa shape index (κ2) is 2.84. The Labute approximate surface area is 83.9 Å². The van der Waals surface area contributed by atoms with Crippen LogP contribution in [0.2, 0.25) is 0 Å². The lowest BCUT2D eigenvalue weighted by molar-refractivity contribution is 0.450. The smallest absolute Gasteiger partial charge is 0.167 e. The molecule has 74 valence electrons. The van der Waals surface area contributed by atoms with Gasteiger partial charge >= 0.3 is 0 Å². The minimum Gasteiger partial charge on any atom is -0.356 e. The number of fused-ring (bicyclic) bond motifs is 1. The Morgan fingerprint density at radius 2 is 1.93 bits per heavy atom. The zero-order valence-electron chi connectivity index (χ0n) is 9.09. The average Bonchev–Trinajstić information content (AvgIpc) is 2.46. The Bertz CT molecular complexity index is 463. The van der Waals surface area contributed by atoms with Crippen LogP contribution in [0.4, 0.5) is 0 Å². The Balaban J connectivity index is 2.82. The second-order valence-electron chi connectivity index (χ2n) is 4.70. The molecule has 0 saturated carbocycles. The summed E-state index contributed by atoms with van der Waals surface area (Å²) < 4.78 is 5.23. The SMILES string of the molecule is Cc1noc2cccc(C(C)(C)C)c12. The van der Waals surface area contributed by atoms with Gasteiger partial charge in [0.05, 0.1) is 5.69 Å². The number of benzene rings is 1. The summed E-state index contributed by atoms with van der Waals surface area (Å²) in [4.78, 5) is 0. The van der Waals surface area contributed by atoms with Gasteiger partial charge in [0.1, 0.15) is 0 Å². The number of hydrogen-bond acceptors (Lipinski definition) is 2. The van der Waals surface area contributed by atoms with Gasteiger partial charge in [-0.3, -0.25) is 0 Å². The molecule has 14 heavy (non-hydrogen) atoms. The third-order valence-electron chi connectivity index (χ3n) is 2.48. The highest BCUT2D eigenvalue weighted by atomic mass is 16.5. The van der Waals surface area contributed by atoms with Crippen molar-refractivity contribution in [3.8, 4) is 0 Å². The Kier molecular flexibility index (Phi) is 1.88. The van der Waals surface area contributed by atoms with Gasteiger partial charge in [-0.15, -0.1) is 0 Å². The molecule has 0 aliphatic rings. The van der Waals surface area contributed by atoms with Gasteiger partial charge in [0.2, 0.25) is 0 Å². The molecule has 2 nitrogen and oxygen atoms in total. The molecule has 1 heterocycles. The summed E-state index contributed by atoms with van der Waals surface area (Å²) in [5, 5.41) is 5.16. The highest BCUT2D eigenvalue weighted by molar-refractivity contribution is 5.83. The number of hydrogen-bond donors (Lipinski definition) is 0. The number of nitrogens with zero attached hydrogens (tertiary/aromatic N) is 1. The normalized spacial score (nSPS) is 12.3. The summed E-state index contributed by atoms with van der Waals surface area (Å²) in [6.45, 7) is 8.59. The van der Waals surface area contributed by atoms with Crippen molar-refractivity contribution in [1.29, 1.82) is 0 Å². The van der Waals surface area contributed by atoms with Gasteiger partial charge < -0.3 is 4.52 Å². The van der Waals surface area contributed by atoms with E-state index in [9.17, 15) is 0 Å². The highest BCUT2D eigenvalue weighted by Crippen LogP contribution is 2.31. The summed E-state index contributed by atoms with van der Waals surface area (Å²) in [5.74, 6) is 0. The average molecular weight is 189 g/mol. The predicted molar refractivity (Wildman–Crippen MR) is 57.4 cm³/mol. The fraction of sp³-hybridized carbons (Fsp3) is 0.417. The van der Waals surface area contributed by atoms with E-state index < -0.39 is 0 Å². The standard InChI is InChI=1S/C12H15NO/c1-8-11-9(12(2,3)4)6-5-7-10(11)14-13-8/h5-7H,1-4H3. The van der Waals surface area contributed by atoms with Crippen molar-refractivity contribution < 1.29 is 4.52 Å². The van der Waals surface area contributed by atoms with E-state index in [0.29, 0.717) is 0 Å². The van der Waals surface area contributed by atoms with Gasteiger partial charge in [-0.05, 0) is 24.0 Å². The fourth-order valence-electron chi connectivity index (χ4n) is 1.77. The Hall–Kier alpha value is -1.31. The van der Waals surface area contributed by atoms with E-state index in [4.69, 9.17) is 4.52 Å². The molecular weight excluding hydrogens is 174 g/mol. The van der Waals surface area contributed by atoms with Crippen LogP contribution in [-0.4, -0.2) is 5.16 Å². The third-order valence-corrected chi connectivity index (χ3v) is 2.48. The zero-order valence-corrected chi connectivity index (χ0v) is 9.09. The summed E-state index contributed by atoms with van der Waals surface area (Å²) in [6.07, 6.45) is 0. The van der Waals surface area contributed by atoms with Crippen LogP contribution in [0.1, 0.15) is 32.0 Å². The maximum atomic E-state index is 5.23. The van der Waals surface area contributed by atoms with Gasteiger partial charge in [-0.1, -0.05) is 38.1 Å². The van der Waals surface area contributed by atoms with E-state index in [1.807, 2.05) is 19.1 Å². The van der Waals surface area contributed by atoms with Crippen LogP contribution < -0.4 is 0 Å². The fourth-order valence-corrected chi connectivity index (χ4v) is 1.77. The number of rotatable bonds is 0. The van der Waals surface area contributed by atoms with Crippen molar-refractivity contribution in [1.82, 2.24) is 5.16 Å². The topological polar surface area (TPSA) is 26.0 Å². The molecular formula is C12H15NO. The largest absolute Gasteiger partial charge is 0.356 e. The number of aromatic nitrogens is 1. The molecule has 0 fully saturated rings. The van der Waals surface area contributed by atoms with Crippen molar-refractivity contribution in [2.24, 2.45) is 0 Å². The van der Waals surface area contributed by atoms with Crippen LogP contribution in [0.5, 0.6) is 0 Å². The number of aryl methyl sites for hydroxylation is 1. The van der Waals surface area contributed by atoms with Gasteiger partial charge in [-0.2, -0.15) is 0 Å². The third kappa shape index (κ3) is 1.31. The zero-order chi connectivity index (χ0) is 10.3. The quantitative estimate of drug-likeness (QED) is 0.634. The molecule has 0 aliphatic carbocycles. The minimum absolute atomic E-state index is 0.135. The molecule has 0 amide bonds.